The monoisotopic (exact) mass is 488 g/mol. The van der Waals surface area contributed by atoms with E-state index in [9.17, 15) is 12.8 Å². The van der Waals surface area contributed by atoms with E-state index in [2.05, 4.69) is 15.2 Å². The Kier molecular flexibility index (Phi) is 7.92. The Morgan fingerprint density at radius 3 is 2.59 bits per heavy atom. The molecule has 0 aliphatic heterocycles. The number of sulfonamides is 1. The largest absolute Gasteiger partial charge is 0.379 e. The fraction of sp³-hybridized carbons (Fsp3) is 0.476. The van der Waals surface area contributed by atoms with Gasteiger partial charge < -0.3 is 15.0 Å². The molecule has 0 unspecified atom stereocenters. The molecule has 0 bridgehead atoms. The Hall–Kier alpha value is -2.01. The topological polar surface area (TPSA) is 74.8 Å². The lowest BCUT2D eigenvalue weighted by molar-refractivity contribution is 0.209. The first-order valence-corrected chi connectivity index (χ1v) is 12.0. The number of nitrogens with zero attached hydrogens (tertiary/aromatic N) is 3. The number of methoxy groups -OCH3 is 1. The van der Waals surface area contributed by atoms with E-state index in [1.54, 1.807) is 0 Å². The maximum Gasteiger partial charge on any atom is 0.270 e. The van der Waals surface area contributed by atoms with Gasteiger partial charge in [-0.1, -0.05) is 30.5 Å². The van der Waals surface area contributed by atoms with Gasteiger partial charge in [-0.25, -0.2) is 22.1 Å². The van der Waals surface area contributed by atoms with Crippen LogP contribution in [-0.2, 0) is 14.8 Å². The zero-order chi connectivity index (χ0) is 23.5. The summed E-state index contributed by atoms with van der Waals surface area (Å²) < 4.78 is 60.7. The lowest BCUT2D eigenvalue weighted by Crippen LogP contribution is -2.45. The molecule has 1 aliphatic carbocycles. The molecular formula is C21H27ClF2N4O3S. The van der Waals surface area contributed by atoms with Crippen LogP contribution >= 0.6 is 11.6 Å². The van der Waals surface area contributed by atoms with Crippen LogP contribution in [0.4, 0.5) is 20.3 Å². The molecule has 1 saturated carbocycles. The number of hydrogen-bond donors (Lipinski definition) is 1. The van der Waals surface area contributed by atoms with Crippen LogP contribution in [0.1, 0.15) is 25.7 Å². The van der Waals surface area contributed by atoms with Crippen molar-refractivity contribution in [2.24, 2.45) is 0 Å². The number of pyridine rings is 1. The van der Waals surface area contributed by atoms with Gasteiger partial charge in [0.25, 0.3) is 10.0 Å². The minimum Gasteiger partial charge on any atom is -0.379 e. The Morgan fingerprint density at radius 2 is 1.94 bits per heavy atom. The molecule has 1 aromatic carbocycles. The van der Waals surface area contributed by atoms with Gasteiger partial charge in [0.05, 0.1) is 10.7 Å². The van der Waals surface area contributed by atoms with Gasteiger partial charge in [0.1, 0.15) is 23.3 Å². The number of rotatable bonds is 8. The molecule has 1 fully saturated rings. The number of hydrogen-bond acceptors (Lipinski definition) is 6. The molecule has 1 heterocycles. The second-order valence-electron chi connectivity index (χ2n) is 7.92. The Labute approximate surface area is 192 Å². The van der Waals surface area contributed by atoms with Crippen molar-refractivity contribution in [1.29, 1.82) is 0 Å². The first-order chi connectivity index (χ1) is 15.1. The van der Waals surface area contributed by atoms with Crippen LogP contribution in [0, 0.1) is 11.8 Å². The average molecular weight is 489 g/mol. The molecule has 3 rings (SSSR count). The van der Waals surface area contributed by atoms with Gasteiger partial charge in [-0.2, -0.15) is 4.39 Å². The highest BCUT2D eigenvalue weighted by Crippen LogP contribution is 2.33. The summed E-state index contributed by atoms with van der Waals surface area (Å²) in [5.74, 6) is -2.09. The predicted molar refractivity (Wildman–Crippen MR) is 120 cm³/mol. The van der Waals surface area contributed by atoms with E-state index < -0.39 is 33.4 Å². The molecule has 2 atom stereocenters. The highest BCUT2D eigenvalue weighted by Gasteiger charge is 2.32. The molecule has 1 N–H and O–H groups in total. The van der Waals surface area contributed by atoms with Crippen molar-refractivity contribution in [3.63, 3.8) is 0 Å². The van der Waals surface area contributed by atoms with Crippen molar-refractivity contribution >= 4 is 33.1 Å². The van der Waals surface area contributed by atoms with Crippen molar-refractivity contribution in [3.8, 4) is 0 Å². The van der Waals surface area contributed by atoms with Gasteiger partial charge in [-0.3, -0.25) is 0 Å². The number of likely N-dealkylation sites (N-methyl/N-ethyl adjacent to an activating group) is 1. The van der Waals surface area contributed by atoms with Crippen LogP contribution in [0.15, 0.2) is 35.2 Å². The highest BCUT2D eigenvalue weighted by atomic mass is 35.5. The molecule has 2 aromatic rings. The molecule has 0 spiro atoms. The Morgan fingerprint density at radius 1 is 1.22 bits per heavy atom. The van der Waals surface area contributed by atoms with Crippen molar-refractivity contribution < 1.29 is 21.9 Å². The molecule has 0 radical (unpaired) electrons. The van der Waals surface area contributed by atoms with Gasteiger partial charge >= 0.3 is 0 Å². The summed E-state index contributed by atoms with van der Waals surface area (Å²) in [5.41, 5.74) is 0.323. The first-order valence-electron chi connectivity index (χ1n) is 10.2. The van der Waals surface area contributed by atoms with E-state index in [0.717, 1.165) is 43.9 Å². The molecule has 0 saturated heterocycles. The lowest BCUT2D eigenvalue weighted by Gasteiger charge is -2.37. The van der Waals surface area contributed by atoms with Crippen molar-refractivity contribution in [2.45, 2.75) is 42.7 Å². The molecule has 1 aromatic heterocycles. The number of halogens is 3. The first kappa shape index (κ1) is 24.6. The van der Waals surface area contributed by atoms with Crippen LogP contribution in [0.25, 0.3) is 0 Å². The fourth-order valence-corrected chi connectivity index (χ4v) is 5.65. The second kappa shape index (κ2) is 10.3. The zero-order valence-electron chi connectivity index (χ0n) is 18.2. The van der Waals surface area contributed by atoms with Crippen molar-refractivity contribution in [2.75, 3.05) is 37.6 Å². The van der Waals surface area contributed by atoms with Crippen molar-refractivity contribution in [1.82, 2.24) is 9.88 Å². The zero-order valence-corrected chi connectivity index (χ0v) is 19.8. The summed E-state index contributed by atoms with van der Waals surface area (Å²) >= 11 is 6.37. The van der Waals surface area contributed by atoms with Gasteiger partial charge in [0.15, 0.2) is 0 Å². The fourth-order valence-electron chi connectivity index (χ4n) is 3.97. The summed E-state index contributed by atoms with van der Waals surface area (Å²) in [6.45, 7) is -0.484. The molecule has 11 heteroatoms. The van der Waals surface area contributed by atoms with Gasteiger partial charge in [-0.05, 0) is 51.2 Å². The van der Waals surface area contributed by atoms with Gasteiger partial charge in [-0.15, -0.1) is 0 Å². The minimum absolute atomic E-state index is 0.0552. The lowest BCUT2D eigenvalue weighted by atomic mass is 9.89. The smallest absolute Gasteiger partial charge is 0.270 e. The quantitative estimate of drug-likeness (QED) is 0.445. The maximum atomic E-state index is 15.1. The van der Waals surface area contributed by atoms with E-state index in [1.807, 2.05) is 14.1 Å². The number of ether oxygens (including phenoxy) is 1. The van der Waals surface area contributed by atoms with E-state index >= 15 is 4.39 Å². The Bertz CT molecular complexity index is 1060. The summed E-state index contributed by atoms with van der Waals surface area (Å²) in [6, 6.07) is 6.12. The van der Waals surface area contributed by atoms with Crippen LogP contribution < -0.4 is 9.62 Å². The third-order valence-electron chi connectivity index (χ3n) is 5.53. The Balaban J connectivity index is 1.95. The molecule has 7 nitrogen and oxygen atoms in total. The number of aromatic nitrogens is 1. The predicted octanol–water partition coefficient (Wildman–Crippen LogP) is 4.10. The van der Waals surface area contributed by atoms with Gasteiger partial charge in [0, 0.05) is 19.2 Å². The van der Waals surface area contributed by atoms with Crippen LogP contribution in [0.5, 0.6) is 0 Å². The second-order valence-corrected chi connectivity index (χ2v) is 10.2. The maximum absolute atomic E-state index is 15.1. The van der Waals surface area contributed by atoms with E-state index in [4.69, 9.17) is 16.3 Å². The molecule has 0 amide bonds. The average Bonchev–Trinajstić information content (AvgIpc) is 2.74. The van der Waals surface area contributed by atoms with E-state index in [-0.39, 0.29) is 22.9 Å². The molecule has 32 heavy (non-hydrogen) atoms. The summed E-state index contributed by atoms with van der Waals surface area (Å²) in [4.78, 5) is 5.05. The SMILES string of the molecule is COCN(c1cccc(F)n1)S(=O)(=O)c1cc(Cl)c(N[C@H]2CCCC[C@@H]2N(C)C)cc1F. The number of anilines is 2. The minimum atomic E-state index is -4.48. The summed E-state index contributed by atoms with van der Waals surface area (Å²) in [5, 5.41) is 3.35. The highest BCUT2D eigenvalue weighted by molar-refractivity contribution is 7.92. The standard InChI is InChI=1S/C21H27ClF2N4O3S/c1-27(2)18-8-5-4-7-16(18)25-17-12-15(23)19(11-14(17)22)32(29,30)28(13-31-3)21-10-6-9-20(24)26-21/h6,9-12,16,18,25H,4-5,7-8,13H2,1-3H3/t16-,18-/m0/s1. The van der Waals surface area contributed by atoms with E-state index in [0.29, 0.717) is 9.99 Å². The summed E-state index contributed by atoms with van der Waals surface area (Å²) in [7, 11) is 0.778. The number of benzene rings is 1. The van der Waals surface area contributed by atoms with Gasteiger partial charge in [0.2, 0.25) is 5.95 Å². The third-order valence-corrected chi connectivity index (χ3v) is 7.58. The van der Waals surface area contributed by atoms with Crippen LogP contribution in [0.2, 0.25) is 5.02 Å². The number of nitrogens with one attached hydrogen (secondary N) is 1. The molecular weight excluding hydrogens is 462 g/mol. The third kappa shape index (κ3) is 5.31. The normalized spacial score (nSPS) is 19.2. The molecule has 1 aliphatic rings. The van der Waals surface area contributed by atoms with Crippen LogP contribution in [0.3, 0.4) is 0 Å². The summed E-state index contributed by atoms with van der Waals surface area (Å²) in [6.07, 6.45) is 4.06. The van der Waals surface area contributed by atoms with E-state index in [1.165, 1.54) is 19.2 Å². The van der Waals surface area contributed by atoms with Crippen LogP contribution in [-0.4, -0.2) is 58.3 Å². The van der Waals surface area contributed by atoms with Crippen molar-refractivity contribution in [3.05, 3.63) is 47.1 Å². The molecule has 176 valence electrons.